The summed E-state index contributed by atoms with van der Waals surface area (Å²) in [4.78, 5) is 19.8. The Bertz CT molecular complexity index is 781. The van der Waals surface area contributed by atoms with Crippen molar-refractivity contribution < 1.29 is 44.0 Å². The fraction of sp³-hybridized carbons (Fsp3) is 0.909. The number of rotatable bonds is 4. The number of aliphatic hydroxyl groups excluding tert-OH is 4. The Morgan fingerprint density at radius 3 is 2.21 bits per heavy atom. The van der Waals surface area contributed by atoms with Crippen LogP contribution in [-0.4, -0.2) is 84.3 Å². The topological polar surface area (TPSA) is 172 Å². The normalized spacial score (nSPS) is 44.2. The van der Waals surface area contributed by atoms with Gasteiger partial charge in [-0.2, -0.15) is 0 Å². The molecule has 2 bridgehead atoms. The van der Waals surface area contributed by atoms with Gasteiger partial charge in [-0.1, -0.05) is 57.4 Å². The Balaban J connectivity index is 1.63. The number of piperidine rings is 1. The number of ether oxygens (including phenoxy) is 1. The Morgan fingerprint density at radius 1 is 0.941 bits per heavy atom. The second-order valence-electron chi connectivity index (χ2n) is 10.4. The van der Waals surface area contributed by atoms with Gasteiger partial charge in [-0.3, -0.25) is 9.84 Å². The van der Waals surface area contributed by atoms with Crippen molar-refractivity contribution in [2.45, 2.75) is 113 Å². The maximum atomic E-state index is 11.2. The van der Waals surface area contributed by atoms with Crippen molar-refractivity contribution in [3.63, 3.8) is 0 Å². The van der Waals surface area contributed by atoms with Crippen molar-refractivity contribution in [2.75, 3.05) is 6.61 Å². The molecule has 0 aromatic rings. The van der Waals surface area contributed by atoms with Crippen molar-refractivity contribution in [1.82, 2.24) is 10.2 Å². The lowest BCUT2D eigenvalue weighted by Crippen LogP contribution is -2.74. The summed E-state index contributed by atoms with van der Waals surface area (Å²) < 4.78 is 21.5. The summed E-state index contributed by atoms with van der Waals surface area (Å²) in [5.74, 6) is 0. The Morgan fingerprint density at radius 2 is 1.56 bits per heavy atom. The van der Waals surface area contributed by atoms with Crippen molar-refractivity contribution >= 4 is 7.82 Å². The second-order valence-corrected chi connectivity index (χ2v) is 11.6. The molecule has 2 saturated heterocycles. The van der Waals surface area contributed by atoms with E-state index in [0.29, 0.717) is 12.8 Å². The van der Waals surface area contributed by atoms with E-state index in [1.807, 2.05) is 6.08 Å². The van der Waals surface area contributed by atoms with Gasteiger partial charge >= 0.3 is 7.82 Å². The van der Waals surface area contributed by atoms with Crippen LogP contribution in [0.15, 0.2) is 12.3 Å². The molecule has 8 unspecified atom stereocenters. The first-order valence-electron chi connectivity index (χ1n) is 12.4. The molecule has 7 N–H and O–H groups in total. The molecular formula is C22H39N2O9P. The highest BCUT2D eigenvalue weighted by atomic mass is 31.2. The quantitative estimate of drug-likeness (QED) is 0.267. The number of nitrogens with zero attached hydrogens (tertiary/aromatic N) is 1. The highest BCUT2D eigenvalue weighted by molar-refractivity contribution is 7.46. The summed E-state index contributed by atoms with van der Waals surface area (Å²) >= 11 is 0. The molecule has 0 spiro atoms. The fourth-order valence-electron chi connectivity index (χ4n) is 6.21. The molecule has 4 aliphatic rings. The lowest BCUT2D eigenvalue weighted by Gasteiger charge is -2.61. The van der Waals surface area contributed by atoms with E-state index < -0.39 is 62.4 Å². The predicted molar refractivity (Wildman–Crippen MR) is 121 cm³/mol. The minimum absolute atomic E-state index is 0.457. The Hall–Kier alpha value is -0.590. The van der Waals surface area contributed by atoms with Crippen LogP contribution in [0.25, 0.3) is 0 Å². The second kappa shape index (κ2) is 10.4. The van der Waals surface area contributed by atoms with Crippen molar-refractivity contribution in [1.29, 1.82) is 0 Å². The third kappa shape index (κ3) is 5.25. The summed E-state index contributed by atoms with van der Waals surface area (Å²) in [6, 6.07) is 0. The van der Waals surface area contributed by atoms with Gasteiger partial charge in [0, 0.05) is 5.41 Å². The number of hydrogen-bond donors (Lipinski definition) is 7. The molecule has 1 aliphatic carbocycles. The zero-order valence-electron chi connectivity index (χ0n) is 19.4. The van der Waals surface area contributed by atoms with E-state index in [9.17, 15) is 25.0 Å². The largest absolute Gasteiger partial charge is 0.469 e. The first-order valence-corrected chi connectivity index (χ1v) is 13.9. The van der Waals surface area contributed by atoms with E-state index in [1.165, 1.54) is 19.3 Å². The SMILES string of the molecule is O=P(O)(O)OCC1OC(N2C=CC34CCCCCCCCCCC2(C3)C(O)NC4O)C(O)C1O. The van der Waals surface area contributed by atoms with Crippen LogP contribution in [0.2, 0.25) is 0 Å². The molecule has 0 amide bonds. The van der Waals surface area contributed by atoms with Crippen LogP contribution in [0, 0.1) is 5.41 Å². The molecular weight excluding hydrogens is 467 g/mol. The van der Waals surface area contributed by atoms with Crippen LogP contribution in [0.4, 0.5) is 0 Å². The molecule has 0 aromatic heterocycles. The minimum atomic E-state index is -4.78. The smallest absolute Gasteiger partial charge is 0.387 e. The molecule has 196 valence electrons. The van der Waals surface area contributed by atoms with Crippen molar-refractivity contribution in [2.24, 2.45) is 5.41 Å². The van der Waals surface area contributed by atoms with E-state index in [4.69, 9.17) is 14.5 Å². The number of phosphoric acid groups is 1. The molecule has 3 heterocycles. The molecule has 34 heavy (non-hydrogen) atoms. The molecule has 8 atom stereocenters. The van der Waals surface area contributed by atoms with Gasteiger partial charge in [0.1, 0.15) is 30.8 Å². The molecule has 3 aliphatic heterocycles. The summed E-state index contributed by atoms with van der Waals surface area (Å²) in [6.07, 6.45) is 6.93. The van der Waals surface area contributed by atoms with Crippen LogP contribution >= 0.6 is 7.82 Å². The number of nitrogens with one attached hydrogen (secondary N) is 1. The molecule has 11 nitrogen and oxygen atoms in total. The average Bonchev–Trinajstić information content (AvgIpc) is 3.06. The maximum absolute atomic E-state index is 11.2. The number of aliphatic hydroxyl groups is 4. The van der Waals surface area contributed by atoms with Gasteiger partial charge in [0.15, 0.2) is 6.23 Å². The van der Waals surface area contributed by atoms with Crippen molar-refractivity contribution in [3.05, 3.63) is 12.3 Å². The molecule has 1 saturated carbocycles. The van der Waals surface area contributed by atoms with E-state index in [0.717, 1.165) is 38.5 Å². The maximum Gasteiger partial charge on any atom is 0.469 e. The summed E-state index contributed by atoms with van der Waals surface area (Å²) in [5.41, 5.74) is -1.47. The summed E-state index contributed by atoms with van der Waals surface area (Å²) in [6.45, 7) is -0.590. The zero-order valence-corrected chi connectivity index (χ0v) is 20.3. The first kappa shape index (κ1) is 26.5. The molecule has 4 rings (SSSR count). The number of hydrogen-bond acceptors (Lipinski definition) is 9. The van der Waals surface area contributed by atoms with Gasteiger partial charge in [-0.15, -0.1) is 0 Å². The van der Waals surface area contributed by atoms with Crippen LogP contribution in [0.1, 0.15) is 70.6 Å². The Kier molecular flexibility index (Phi) is 8.11. The standard InChI is InChI=1S/C22H39N2O9P/c25-16-15(13-32-34(29,30)31)33-18(17(16)26)24-12-11-21-9-7-5-3-1-2-4-6-8-10-22(24,14-21)20(28)23-19(21)27/h11-12,15-20,23,25-28H,1-10,13-14H2,(H2,29,30,31). The third-order valence-corrected chi connectivity index (χ3v) is 8.59. The molecule has 3 fully saturated rings. The van der Waals surface area contributed by atoms with Crippen LogP contribution in [-0.2, 0) is 13.8 Å². The first-order chi connectivity index (χ1) is 16.1. The molecule has 0 aromatic carbocycles. The summed E-state index contributed by atoms with van der Waals surface area (Å²) in [7, 11) is -4.78. The van der Waals surface area contributed by atoms with Gasteiger partial charge < -0.3 is 39.8 Å². The van der Waals surface area contributed by atoms with Crippen LogP contribution < -0.4 is 5.32 Å². The van der Waals surface area contributed by atoms with Crippen LogP contribution in [0.3, 0.4) is 0 Å². The third-order valence-electron chi connectivity index (χ3n) is 8.11. The highest BCUT2D eigenvalue weighted by Crippen LogP contribution is 2.52. The van der Waals surface area contributed by atoms with Crippen molar-refractivity contribution in [3.8, 4) is 0 Å². The van der Waals surface area contributed by atoms with Gasteiger partial charge in [0.25, 0.3) is 0 Å². The van der Waals surface area contributed by atoms with Gasteiger partial charge in [-0.05, 0) is 25.5 Å². The van der Waals surface area contributed by atoms with E-state index in [1.54, 1.807) is 11.1 Å². The lowest BCUT2D eigenvalue weighted by atomic mass is 9.63. The van der Waals surface area contributed by atoms with Gasteiger partial charge in [0.2, 0.25) is 0 Å². The average molecular weight is 507 g/mol. The molecule has 12 heteroatoms. The number of phosphoric ester groups is 1. The zero-order chi connectivity index (χ0) is 24.6. The van der Waals surface area contributed by atoms with Crippen LogP contribution in [0.5, 0.6) is 0 Å². The summed E-state index contributed by atoms with van der Waals surface area (Å²) in [5, 5.41) is 46.5. The highest BCUT2D eigenvalue weighted by Gasteiger charge is 2.61. The van der Waals surface area contributed by atoms with Gasteiger partial charge in [-0.25, -0.2) is 4.57 Å². The molecule has 0 radical (unpaired) electrons. The lowest BCUT2D eigenvalue weighted by molar-refractivity contribution is -0.207. The monoisotopic (exact) mass is 506 g/mol. The van der Waals surface area contributed by atoms with E-state index in [-0.39, 0.29) is 0 Å². The Labute approximate surface area is 200 Å². The minimum Gasteiger partial charge on any atom is -0.387 e. The predicted octanol–water partition coefficient (Wildman–Crippen LogP) is 0.642. The van der Waals surface area contributed by atoms with E-state index >= 15 is 0 Å². The van der Waals surface area contributed by atoms with Gasteiger partial charge in [0.05, 0.1) is 12.1 Å². The van der Waals surface area contributed by atoms with E-state index in [2.05, 4.69) is 9.84 Å². The fourth-order valence-corrected chi connectivity index (χ4v) is 6.55.